The van der Waals surface area contributed by atoms with E-state index in [4.69, 9.17) is 9.72 Å². The van der Waals surface area contributed by atoms with Crippen LogP contribution in [0.1, 0.15) is 48.9 Å². The lowest BCUT2D eigenvalue weighted by molar-refractivity contribution is -0.123. The minimum atomic E-state index is -1.18. The molecule has 4 heterocycles. The SMILES string of the molecule is CCOC(=O)c1ccc(N2C(=O)[C@H]3[C@@H](CC(C)C)N[C@]4(c5ccccc5-n5c4nc4ccccc4c5=O)[C@H]3C2=O)cc1. The first-order valence-corrected chi connectivity index (χ1v) is 14.3. The first kappa shape index (κ1) is 26.3. The van der Waals surface area contributed by atoms with Gasteiger partial charge in [-0.2, -0.15) is 0 Å². The summed E-state index contributed by atoms with van der Waals surface area (Å²) in [6, 6.07) is 20.7. The molecule has 3 aromatic carbocycles. The molecule has 7 rings (SSSR count). The standard InChI is InChI=1S/C33H30N4O5/c1-4-42-31(41)19-13-15-20(16-14-19)36-29(39)26-24(17-18(2)3)35-33(27(26)30(36)40)22-10-6-8-12-25(22)37-28(38)21-9-5-7-11-23(21)34-32(33)37/h5-16,18,24,26-27,35H,4,17H2,1-3H3/t24-,26+,27-,33-/m1/s1. The molecule has 2 saturated heterocycles. The summed E-state index contributed by atoms with van der Waals surface area (Å²) in [5, 5.41) is 4.21. The van der Waals surface area contributed by atoms with E-state index in [-0.39, 0.29) is 35.9 Å². The van der Waals surface area contributed by atoms with Crippen molar-refractivity contribution < 1.29 is 19.1 Å². The summed E-state index contributed by atoms with van der Waals surface area (Å²) in [5.74, 6) is -1.98. The molecule has 3 aliphatic rings. The van der Waals surface area contributed by atoms with Gasteiger partial charge in [-0.3, -0.25) is 24.3 Å². The maximum absolute atomic E-state index is 14.5. The number of esters is 1. The van der Waals surface area contributed by atoms with Crippen molar-refractivity contribution in [3.8, 4) is 5.69 Å². The number of hydrogen-bond donors (Lipinski definition) is 1. The molecule has 9 nitrogen and oxygen atoms in total. The van der Waals surface area contributed by atoms with Crippen molar-refractivity contribution in [1.82, 2.24) is 14.9 Å². The molecule has 4 atom stereocenters. The molecule has 4 aromatic rings. The summed E-state index contributed by atoms with van der Waals surface area (Å²) in [6.07, 6.45) is 0.650. The van der Waals surface area contributed by atoms with Gasteiger partial charge in [0.1, 0.15) is 11.4 Å². The van der Waals surface area contributed by atoms with E-state index in [1.54, 1.807) is 47.9 Å². The molecule has 1 spiro atoms. The monoisotopic (exact) mass is 562 g/mol. The van der Waals surface area contributed by atoms with E-state index < -0.39 is 23.3 Å². The van der Waals surface area contributed by atoms with E-state index in [9.17, 15) is 19.2 Å². The van der Waals surface area contributed by atoms with Gasteiger partial charge in [-0.05, 0) is 61.7 Å². The predicted molar refractivity (Wildman–Crippen MR) is 156 cm³/mol. The number of nitrogens with zero attached hydrogens (tertiary/aromatic N) is 3. The summed E-state index contributed by atoms with van der Waals surface area (Å²) in [4.78, 5) is 61.2. The van der Waals surface area contributed by atoms with E-state index in [0.29, 0.717) is 40.1 Å². The largest absolute Gasteiger partial charge is 0.462 e. The Kier molecular flexibility index (Phi) is 5.92. The summed E-state index contributed by atoms with van der Waals surface area (Å²) in [6.45, 7) is 6.15. The molecule has 0 bridgehead atoms. The average molecular weight is 563 g/mol. The first-order valence-electron chi connectivity index (χ1n) is 14.3. The first-order chi connectivity index (χ1) is 20.3. The van der Waals surface area contributed by atoms with Crippen molar-refractivity contribution in [3.05, 3.63) is 100 Å². The Morgan fingerprint density at radius 1 is 0.976 bits per heavy atom. The van der Waals surface area contributed by atoms with E-state index >= 15 is 0 Å². The van der Waals surface area contributed by atoms with Gasteiger partial charge >= 0.3 is 5.97 Å². The molecule has 2 amide bonds. The third kappa shape index (κ3) is 3.49. The third-order valence-electron chi connectivity index (χ3n) is 8.72. The number of carbonyl (C=O) groups is 3. The lowest BCUT2D eigenvalue weighted by Gasteiger charge is -2.32. The molecule has 0 unspecified atom stereocenters. The van der Waals surface area contributed by atoms with Crippen LogP contribution in [-0.4, -0.2) is 40.0 Å². The predicted octanol–water partition coefficient (Wildman–Crippen LogP) is 3.94. The van der Waals surface area contributed by atoms with E-state index in [1.807, 2.05) is 36.4 Å². The maximum atomic E-state index is 14.5. The van der Waals surface area contributed by atoms with Crippen LogP contribution in [-0.2, 0) is 19.9 Å². The number of nitrogens with one attached hydrogen (secondary N) is 1. The molecule has 212 valence electrons. The number of aromatic nitrogens is 2. The van der Waals surface area contributed by atoms with Gasteiger partial charge in [0.2, 0.25) is 11.8 Å². The topological polar surface area (TPSA) is 111 Å². The second-order valence-electron chi connectivity index (χ2n) is 11.6. The van der Waals surface area contributed by atoms with E-state index in [0.717, 1.165) is 5.56 Å². The number of ether oxygens (including phenoxy) is 1. The highest BCUT2D eigenvalue weighted by molar-refractivity contribution is 6.23. The smallest absolute Gasteiger partial charge is 0.338 e. The average Bonchev–Trinajstić information content (AvgIpc) is 3.56. The fourth-order valence-corrected chi connectivity index (χ4v) is 7.14. The second kappa shape index (κ2) is 9.46. The highest BCUT2D eigenvalue weighted by atomic mass is 16.5. The van der Waals surface area contributed by atoms with Crippen molar-refractivity contribution in [2.45, 2.75) is 38.8 Å². The molecule has 0 radical (unpaired) electrons. The maximum Gasteiger partial charge on any atom is 0.338 e. The summed E-state index contributed by atoms with van der Waals surface area (Å²) in [7, 11) is 0. The van der Waals surface area contributed by atoms with Gasteiger partial charge in [-0.25, -0.2) is 14.7 Å². The molecule has 0 saturated carbocycles. The third-order valence-corrected chi connectivity index (χ3v) is 8.72. The zero-order valence-corrected chi connectivity index (χ0v) is 23.5. The Morgan fingerprint density at radius 3 is 2.43 bits per heavy atom. The Morgan fingerprint density at radius 2 is 1.69 bits per heavy atom. The van der Waals surface area contributed by atoms with Crippen LogP contribution >= 0.6 is 0 Å². The van der Waals surface area contributed by atoms with Gasteiger partial charge in [0.05, 0.1) is 46.3 Å². The lowest BCUT2D eigenvalue weighted by Crippen LogP contribution is -2.50. The number of benzene rings is 3. The summed E-state index contributed by atoms with van der Waals surface area (Å²) >= 11 is 0. The highest BCUT2D eigenvalue weighted by Crippen LogP contribution is 2.56. The summed E-state index contributed by atoms with van der Waals surface area (Å²) in [5.41, 5.74) is 1.28. The van der Waals surface area contributed by atoms with Crippen molar-refractivity contribution in [3.63, 3.8) is 0 Å². The summed E-state index contributed by atoms with van der Waals surface area (Å²) < 4.78 is 6.69. The zero-order chi connectivity index (χ0) is 29.3. The van der Waals surface area contributed by atoms with Crippen LogP contribution < -0.4 is 15.8 Å². The highest BCUT2D eigenvalue weighted by Gasteiger charge is 2.69. The minimum Gasteiger partial charge on any atom is -0.462 e. The van der Waals surface area contributed by atoms with Crippen LogP contribution in [0.15, 0.2) is 77.6 Å². The Hall–Kier alpha value is -4.63. The number of anilines is 1. The van der Waals surface area contributed by atoms with Crippen molar-refractivity contribution >= 4 is 34.4 Å². The second-order valence-corrected chi connectivity index (χ2v) is 11.6. The van der Waals surface area contributed by atoms with Crippen molar-refractivity contribution in [2.24, 2.45) is 17.8 Å². The zero-order valence-electron chi connectivity index (χ0n) is 23.5. The fourth-order valence-electron chi connectivity index (χ4n) is 7.14. The Labute approximate surface area is 242 Å². The molecular formula is C33H30N4O5. The lowest BCUT2D eigenvalue weighted by atomic mass is 9.75. The minimum absolute atomic E-state index is 0.214. The van der Waals surface area contributed by atoms with Crippen molar-refractivity contribution in [1.29, 1.82) is 0 Å². The fraction of sp³-hybridized carbons (Fsp3) is 0.303. The van der Waals surface area contributed by atoms with Gasteiger partial charge in [0.25, 0.3) is 5.56 Å². The number of hydrogen-bond acceptors (Lipinski definition) is 7. The van der Waals surface area contributed by atoms with E-state index in [1.165, 1.54) is 4.90 Å². The van der Waals surface area contributed by atoms with Crippen LogP contribution in [0.25, 0.3) is 16.6 Å². The van der Waals surface area contributed by atoms with Crippen LogP contribution in [0, 0.1) is 17.8 Å². The molecule has 2 fully saturated rings. The van der Waals surface area contributed by atoms with Crippen LogP contribution in [0.4, 0.5) is 5.69 Å². The number of imide groups is 1. The quantitative estimate of drug-likeness (QED) is 0.290. The molecule has 9 heteroatoms. The number of para-hydroxylation sites is 2. The number of fused-ring (bicyclic) bond motifs is 8. The molecule has 42 heavy (non-hydrogen) atoms. The van der Waals surface area contributed by atoms with Gasteiger partial charge in [0.15, 0.2) is 0 Å². The number of rotatable bonds is 5. The van der Waals surface area contributed by atoms with Crippen LogP contribution in [0.3, 0.4) is 0 Å². The number of carbonyl (C=O) groups excluding carboxylic acids is 3. The Balaban J connectivity index is 1.43. The molecule has 3 aliphatic heterocycles. The van der Waals surface area contributed by atoms with Crippen molar-refractivity contribution in [2.75, 3.05) is 11.5 Å². The van der Waals surface area contributed by atoms with Gasteiger partial charge in [-0.1, -0.05) is 44.2 Å². The number of amides is 2. The molecule has 1 N–H and O–H groups in total. The molecular weight excluding hydrogens is 532 g/mol. The van der Waals surface area contributed by atoms with E-state index in [2.05, 4.69) is 19.2 Å². The van der Waals surface area contributed by atoms with Crippen LogP contribution in [0.2, 0.25) is 0 Å². The van der Waals surface area contributed by atoms with Gasteiger partial charge in [0, 0.05) is 11.6 Å². The van der Waals surface area contributed by atoms with Crippen LogP contribution in [0.5, 0.6) is 0 Å². The molecule has 0 aliphatic carbocycles. The normalized spacial score (nSPS) is 24.0. The van der Waals surface area contributed by atoms with Gasteiger partial charge in [-0.15, -0.1) is 0 Å². The Bertz CT molecular complexity index is 1850. The van der Waals surface area contributed by atoms with Gasteiger partial charge < -0.3 is 4.74 Å². The molecule has 1 aromatic heterocycles.